The van der Waals surface area contributed by atoms with Gasteiger partial charge in [-0.05, 0) is 47.7 Å². The van der Waals surface area contributed by atoms with Crippen LogP contribution in [0.2, 0.25) is 0 Å². The van der Waals surface area contributed by atoms with E-state index in [9.17, 15) is 4.79 Å². The summed E-state index contributed by atoms with van der Waals surface area (Å²) in [6.07, 6.45) is 6.51. The molecule has 1 aliphatic heterocycles. The first kappa shape index (κ1) is 23.1. The van der Waals surface area contributed by atoms with Crippen molar-refractivity contribution < 1.29 is 4.79 Å². The maximum Gasteiger partial charge on any atom is 0.266 e. The third-order valence-electron chi connectivity index (χ3n) is 5.49. The van der Waals surface area contributed by atoms with E-state index in [0.29, 0.717) is 0 Å². The number of hydrogen-bond donors (Lipinski definition) is 1. The molecule has 7 heteroatoms. The second-order valence-corrected chi connectivity index (χ2v) is 7.30. The Hall–Kier alpha value is -3.61. The molecule has 1 aliphatic rings. The predicted molar refractivity (Wildman–Crippen MR) is 127 cm³/mol. The van der Waals surface area contributed by atoms with E-state index in [1.165, 1.54) is 11.2 Å². The number of guanidine groups is 1. The number of likely N-dealkylation sites (N-methyl/N-ethyl adjacent to an activating group) is 1. The minimum atomic E-state index is -1.25. The highest BCUT2D eigenvalue weighted by Crippen LogP contribution is 2.41. The molecule has 0 saturated carbocycles. The molecule has 1 amide bonds. The van der Waals surface area contributed by atoms with Gasteiger partial charge in [0.2, 0.25) is 0 Å². The van der Waals surface area contributed by atoms with E-state index < -0.39 is 5.54 Å². The second kappa shape index (κ2) is 9.68. The molecule has 166 valence electrons. The van der Waals surface area contributed by atoms with Crippen LogP contribution in [0.15, 0.2) is 60.1 Å². The second-order valence-electron chi connectivity index (χ2n) is 7.30. The first-order chi connectivity index (χ1) is 15.5. The zero-order valence-electron chi connectivity index (χ0n) is 19.3. The molecule has 4 rings (SSSR count). The smallest absolute Gasteiger partial charge is 0.266 e. The molecule has 0 radical (unpaired) electrons. The van der Waals surface area contributed by atoms with Crippen LogP contribution < -0.4 is 5.73 Å². The van der Waals surface area contributed by atoms with Gasteiger partial charge in [-0.2, -0.15) is 0 Å². The summed E-state index contributed by atoms with van der Waals surface area (Å²) in [5, 5.41) is 0. The van der Waals surface area contributed by atoms with Crippen molar-refractivity contribution in [3.8, 4) is 11.1 Å². The molecule has 0 bridgehead atoms. The van der Waals surface area contributed by atoms with Crippen LogP contribution in [0.5, 0.6) is 0 Å². The normalized spacial score (nSPS) is 17.6. The van der Waals surface area contributed by atoms with E-state index in [4.69, 9.17) is 10.7 Å². The third-order valence-corrected chi connectivity index (χ3v) is 5.49. The number of aliphatic imine (C=N–C) groups is 1. The molecule has 0 saturated heterocycles. The Bertz CT molecular complexity index is 1110. The van der Waals surface area contributed by atoms with Crippen LogP contribution in [0.3, 0.4) is 0 Å². The first-order valence-electron chi connectivity index (χ1n) is 11.0. The van der Waals surface area contributed by atoms with Crippen LogP contribution in [0.25, 0.3) is 11.1 Å². The summed E-state index contributed by atoms with van der Waals surface area (Å²) < 4.78 is 0. The number of carbonyl (C=O) groups is 1. The Balaban J connectivity index is 0.00000141. The van der Waals surface area contributed by atoms with Crippen LogP contribution in [-0.2, 0) is 23.2 Å². The van der Waals surface area contributed by atoms with Crippen LogP contribution in [0.1, 0.15) is 50.2 Å². The topological polar surface area (TPSA) is 97.4 Å². The van der Waals surface area contributed by atoms with Gasteiger partial charge < -0.3 is 5.73 Å². The number of amides is 1. The molecule has 1 atom stereocenters. The fourth-order valence-electron chi connectivity index (χ4n) is 3.78. The average molecular weight is 431 g/mol. The standard InChI is InChI=1S/C23H24N6O.C2H6/c1-4-19-10-18(11-20(5-2)27-19)23(21(30)29(3)22(24)28-23)17-8-6-7-15(9-17)16-12-25-14-26-13-16;1-2/h6-14H,4-5H2,1-3H3,(H2,24,28);1-2H3. The summed E-state index contributed by atoms with van der Waals surface area (Å²) in [4.78, 5) is 32.6. The molecule has 7 nitrogen and oxygen atoms in total. The zero-order valence-corrected chi connectivity index (χ0v) is 19.3. The predicted octanol–water partition coefficient (Wildman–Crippen LogP) is 3.72. The molecule has 3 aromatic rings. The molecule has 0 spiro atoms. The number of nitrogens with two attached hydrogens (primary N) is 1. The highest BCUT2D eigenvalue weighted by Gasteiger charge is 2.49. The van der Waals surface area contributed by atoms with E-state index in [2.05, 4.69) is 28.8 Å². The number of aromatic nitrogens is 3. The molecule has 1 aromatic carbocycles. The van der Waals surface area contributed by atoms with E-state index in [1.807, 2.05) is 50.2 Å². The summed E-state index contributed by atoms with van der Waals surface area (Å²) in [6, 6.07) is 11.7. The Kier molecular flexibility index (Phi) is 6.98. The highest BCUT2D eigenvalue weighted by atomic mass is 16.2. The first-order valence-corrected chi connectivity index (χ1v) is 11.0. The lowest BCUT2D eigenvalue weighted by Crippen LogP contribution is -2.41. The van der Waals surface area contributed by atoms with E-state index in [-0.39, 0.29) is 11.9 Å². The van der Waals surface area contributed by atoms with Crippen molar-refractivity contribution in [1.82, 2.24) is 19.9 Å². The number of pyridine rings is 1. The average Bonchev–Trinajstić information content (AvgIpc) is 3.10. The Morgan fingerprint density at radius 3 is 2.09 bits per heavy atom. The molecule has 0 aliphatic carbocycles. The Morgan fingerprint density at radius 2 is 1.56 bits per heavy atom. The fourth-order valence-corrected chi connectivity index (χ4v) is 3.78. The van der Waals surface area contributed by atoms with Crippen LogP contribution >= 0.6 is 0 Å². The van der Waals surface area contributed by atoms with Gasteiger partial charge in [0.25, 0.3) is 5.91 Å². The van der Waals surface area contributed by atoms with Crippen LogP contribution in [-0.4, -0.2) is 38.8 Å². The fraction of sp³-hybridized carbons (Fsp3) is 0.320. The molecule has 0 fully saturated rings. The van der Waals surface area contributed by atoms with Gasteiger partial charge in [-0.3, -0.25) is 14.7 Å². The van der Waals surface area contributed by atoms with E-state index in [1.54, 1.807) is 19.4 Å². The van der Waals surface area contributed by atoms with Crippen molar-refractivity contribution in [3.05, 3.63) is 77.6 Å². The summed E-state index contributed by atoms with van der Waals surface area (Å²) in [6.45, 7) is 8.10. The lowest BCUT2D eigenvalue weighted by Gasteiger charge is -2.27. The maximum absolute atomic E-state index is 13.6. The SMILES string of the molecule is CC.CCc1cc(C2(c3cccc(-c4cncnc4)c3)N=C(N)N(C)C2=O)cc(CC)n1. The van der Waals surface area contributed by atoms with Crippen molar-refractivity contribution in [2.75, 3.05) is 7.05 Å². The van der Waals surface area contributed by atoms with Gasteiger partial charge in [0, 0.05) is 36.4 Å². The lowest BCUT2D eigenvalue weighted by molar-refractivity contribution is -0.129. The van der Waals surface area contributed by atoms with Crippen molar-refractivity contribution >= 4 is 11.9 Å². The maximum atomic E-state index is 13.6. The molecule has 1 unspecified atom stereocenters. The van der Waals surface area contributed by atoms with Gasteiger partial charge >= 0.3 is 0 Å². The van der Waals surface area contributed by atoms with Crippen molar-refractivity contribution in [2.45, 2.75) is 46.1 Å². The number of benzene rings is 1. The summed E-state index contributed by atoms with van der Waals surface area (Å²) in [7, 11) is 1.65. The summed E-state index contributed by atoms with van der Waals surface area (Å²) in [5.74, 6) is 0.0122. The molecule has 32 heavy (non-hydrogen) atoms. The molecule has 2 aromatic heterocycles. The number of carbonyl (C=O) groups excluding carboxylic acids is 1. The van der Waals surface area contributed by atoms with E-state index in [0.717, 1.165) is 46.5 Å². The Morgan fingerprint density at radius 1 is 0.938 bits per heavy atom. The quantitative estimate of drug-likeness (QED) is 0.665. The zero-order chi connectivity index (χ0) is 23.3. The molecular formula is C25H30N6O. The Labute approximate surface area is 189 Å². The monoisotopic (exact) mass is 430 g/mol. The van der Waals surface area contributed by atoms with Crippen LogP contribution in [0.4, 0.5) is 0 Å². The van der Waals surface area contributed by atoms with Gasteiger partial charge in [-0.1, -0.05) is 45.9 Å². The minimum absolute atomic E-state index is 0.184. The minimum Gasteiger partial charge on any atom is -0.369 e. The van der Waals surface area contributed by atoms with Gasteiger partial charge in [0.15, 0.2) is 11.5 Å². The molecule has 2 N–H and O–H groups in total. The van der Waals surface area contributed by atoms with Gasteiger partial charge in [0.1, 0.15) is 6.33 Å². The largest absolute Gasteiger partial charge is 0.369 e. The van der Waals surface area contributed by atoms with Crippen molar-refractivity contribution in [1.29, 1.82) is 0 Å². The molecule has 3 heterocycles. The molecular weight excluding hydrogens is 400 g/mol. The number of rotatable bonds is 5. The summed E-state index contributed by atoms with van der Waals surface area (Å²) >= 11 is 0. The van der Waals surface area contributed by atoms with Gasteiger partial charge in [-0.25, -0.2) is 15.0 Å². The lowest BCUT2D eigenvalue weighted by atomic mass is 9.81. The number of hydrogen-bond acceptors (Lipinski definition) is 6. The van der Waals surface area contributed by atoms with Gasteiger partial charge in [0.05, 0.1) is 0 Å². The number of aryl methyl sites for hydroxylation is 2. The third kappa shape index (κ3) is 3.98. The highest BCUT2D eigenvalue weighted by molar-refractivity contribution is 6.09. The van der Waals surface area contributed by atoms with E-state index >= 15 is 0 Å². The van der Waals surface area contributed by atoms with Crippen LogP contribution in [0, 0.1) is 0 Å². The van der Waals surface area contributed by atoms with Crippen molar-refractivity contribution in [2.24, 2.45) is 10.7 Å². The van der Waals surface area contributed by atoms with Gasteiger partial charge in [-0.15, -0.1) is 0 Å². The number of nitrogens with zero attached hydrogens (tertiary/aromatic N) is 5. The van der Waals surface area contributed by atoms with Crippen molar-refractivity contribution in [3.63, 3.8) is 0 Å². The summed E-state index contributed by atoms with van der Waals surface area (Å²) in [5.41, 5.74) is 10.0.